The molecule has 1 aliphatic rings. The summed E-state index contributed by atoms with van der Waals surface area (Å²) in [4.78, 5) is 6.89. The van der Waals surface area contributed by atoms with Gasteiger partial charge in [0.05, 0.1) is 5.69 Å². The van der Waals surface area contributed by atoms with E-state index in [0.717, 1.165) is 43.1 Å². The van der Waals surface area contributed by atoms with Crippen LogP contribution in [0.25, 0.3) is 5.52 Å². The van der Waals surface area contributed by atoms with Crippen molar-refractivity contribution in [1.29, 1.82) is 0 Å². The minimum absolute atomic E-state index is 0.709. The molecule has 0 aliphatic carbocycles. The Kier molecular flexibility index (Phi) is 2.91. The zero-order valence-corrected chi connectivity index (χ0v) is 10.7. The van der Waals surface area contributed by atoms with E-state index in [0.29, 0.717) is 5.92 Å². The van der Waals surface area contributed by atoms with Crippen LogP contribution < -0.4 is 10.6 Å². The Bertz CT molecular complexity index is 547. The summed E-state index contributed by atoms with van der Waals surface area (Å²) >= 11 is 0. The number of aromatic nitrogens is 3. The number of nitrogens with two attached hydrogens (primary N) is 1. The highest BCUT2D eigenvalue weighted by atomic mass is 15.3. The highest BCUT2D eigenvalue weighted by Gasteiger charge is 2.24. The van der Waals surface area contributed by atoms with E-state index in [9.17, 15) is 0 Å². The van der Waals surface area contributed by atoms with Gasteiger partial charge in [0.15, 0.2) is 5.82 Å². The van der Waals surface area contributed by atoms with Crippen molar-refractivity contribution in [3.05, 3.63) is 24.2 Å². The molecule has 0 radical (unpaired) electrons. The lowest BCUT2D eigenvalue weighted by Gasteiger charge is -2.18. The Morgan fingerprint density at radius 2 is 2.39 bits per heavy atom. The van der Waals surface area contributed by atoms with E-state index in [2.05, 4.69) is 21.0 Å². The Labute approximate surface area is 107 Å². The number of hydrogen-bond donors (Lipinski definition) is 1. The van der Waals surface area contributed by atoms with Gasteiger partial charge in [0.2, 0.25) is 0 Å². The van der Waals surface area contributed by atoms with Gasteiger partial charge in [-0.15, -0.1) is 0 Å². The monoisotopic (exact) mass is 245 g/mol. The van der Waals surface area contributed by atoms with Gasteiger partial charge in [-0.2, -0.15) is 5.10 Å². The zero-order chi connectivity index (χ0) is 12.5. The van der Waals surface area contributed by atoms with E-state index >= 15 is 0 Å². The van der Waals surface area contributed by atoms with Crippen LogP contribution in [-0.2, 0) is 0 Å². The highest BCUT2D eigenvalue weighted by molar-refractivity contribution is 5.69. The molecule has 5 nitrogen and oxygen atoms in total. The molecule has 2 N–H and O–H groups in total. The maximum absolute atomic E-state index is 5.64. The van der Waals surface area contributed by atoms with Crippen molar-refractivity contribution in [2.24, 2.45) is 11.7 Å². The molecule has 0 bridgehead atoms. The van der Waals surface area contributed by atoms with Crippen molar-refractivity contribution in [2.75, 3.05) is 24.5 Å². The molecule has 0 amide bonds. The fourth-order valence-corrected chi connectivity index (χ4v) is 2.77. The molecule has 3 heterocycles. The standard InChI is InChI=1S/C13H19N5/c1-10-8-12-13(15-5-7-18(12)16-10)17-6-3-11(9-17)2-4-14/h5,7-8,11H,2-4,6,9,14H2,1H3. The van der Waals surface area contributed by atoms with Gasteiger partial charge in [-0.3, -0.25) is 0 Å². The minimum Gasteiger partial charge on any atom is -0.355 e. The van der Waals surface area contributed by atoms with Gasteiger partial charge in [-0.05, 0) is 38.3 Å². The molecule has 96 valence electrons. The molecule has 1 unspecified atom stereocenters. The number of fused-ring (bicyclic) bond motifs is 1. The van der Waals surface area contributed by atoms with Crippen molar-refractivity contribution >= 4 is 11.3 Å². The Morgan fingerprint density at radius 1 is 1.50 bits per heavy atom. The lowest BCUT2D eigenvalue weighted by atomic mass is 10.1. The summed E-state index contributed by atoms with van der Waals surface area (Å²) in [6.07, 6.45) is 6.05. The van der Waals surface area contributed by atoms with Crippen molar-refractivity contribution in [2.45, 2.75) is 19.8 Å². The van der Waals surface area contributed by atoms with Crippen LogP contribution in [0.4, 0.5) is 5.82 Å². The van der Waals surface area contributed by atoms with E-state index in [1.165, 1.54) is 6.42 Å². The van der Waals surface area contributed by atoms with Gasteiger partial charge >= 0.3 is 0 Å². The summed E-state index contributed by atoms with van der Waals surface area (Å²) in [6.45, 7) is 4.93. The van der Waals surface area contributed by atoms with Gasteiger partial charge in [-0.1, -0.05) is 0 Å². The van der Waals surface area contributed by atoms with E-state index in [1.807, 2.05) is 23.8 Å². The molecule has 1 saturated heterocycles. The van der Waals surface area contributed by atoms with Crippen molar-refractivity contribution in [3.63, 3.8) is 0 Å². The average Bonchev–Trinajstić information content (AvgIpc) is 2.94. The topological polar surface area (TPSA) is 59.5 Å². The summed E-state index contributed by atoms with van der Waals surface area (Å²) in [5, 5.41) is 4.43. The number of rotatable bonds is 3. The van der Waals surface area contributed by atoms with Crippen molar-refractivity contribution in [1.82, 2.24) is 14.6 Å². The highest BCUT2D eigenvalue weighted by Crippen LogP contribution is 2.27. The van der Waals surface area contributed by atoms with Crippen LogP contribution in [0.15, 0.2) is 18.5 Å². The second-order valence-corrected chi connectivity index (χ2v) is 5.04. The molecular formula is C13H19N5. The van der Waals surface area contributed by atoms with Crippen LogP contribution in [-0.4, -0.2) is 34.2 Å². The van der Waals surface area contributed by atoms with Crippen LogP contribution in [0.5, 0.6) is 0 Å². The quantitative estimate of drug-likeness (QED) is 0.883. The summed E-state index contributed by atoms with van der Waals surface area (Å²) in [6, 6.07) is 2.10. The molecule has 2 aromatic rings. The van der Waals surface area contributed by atoms with Crippen LogP contribution >= 0.6 is 0 Å². The zero-order valence-electron chi connectivity index (χ0n) is 10.7. The lowest BCUT2D eigenvalue weighted by molar-refractivity contribution is 0.546. The Balaban J connectivity index is 1.90. The minimum atomic E-state index is 0.709. The van der Waals surface area contributed by atoms with E-state index in [4.69, 9.17) is 5.73 Å². The lowest BCUT2D eigenvalue weighted by Crippen LogP contribution is -2.22. The van der Waals surface area contributed by atoms with Gasteiger partial charge in [0, 0.05) is 25.5 Å². The first-order valence-electron chi connectivity index (χ1n) is 6.54. The van der Waals surface area contributed by atoms with Gasteiger partial charge in [-0.25, -0.2) is 9.50 Å². The molecule has 1 atom stereocenters. The molecule has 5 heteroatoms. The van der Waals surface area contributed by atoms with E-state index in [1.54, 1.807) is 0 Å². The largest absolute Gasteiger partial charge is 0.355 e. The van der Waals surface area contributed by atoms with E-state index in [-0.39, 0.29) is 0 Å². The van der Waals surface area contributed by atoms with Crippen LogP contribution in [0.3, 0.4) is 0 Å². The van der Waals surface area contributed by atoms with Gasteiger partial charge in [0.1, 0.15) is 5.52 Å². The fourth-order valence-electron chi connectivity index (χ4n) is 2.77. The normalized spacial score (nSPS) is 19.9. The number of anilines is 1. The van der Waals surface area contributed by atoms with E-state index < -0.39 is 0 Å². The first-order chi connectivity index (χ1) is 8.78. The summed E-state index contributed by atoms with van der Waals surface area (Å²) in [7, 11) is 0. The summed E-state index contributed by atoms with van der Waals surface area (Å²) in [5.41, 5.74) is 7.77. The maximum Gasteiger partial charge on any atom is 0.154 e. The SMILES string of the molecule is Cc1cc2c(N3CCC(CCN)C3)nccn2n1. The van der Waals surface area contributed by atoms with Crippen LogP contribution in [0.2, 0.25) is 0 Å². The Hall–Kier alpha value is -1.62. The summed E-state index contributed by atoms with van der Waals surface area (Å²) in [5.74, 6) is 1.76. The predicted molar refractivity (Wildman–Crippen MR) is 71.7 cm³/mol. The molecular weight excluding hydrogens is 226 g/mol. The predicted octanol–water partition coefficient (Wildman–Crippen LogP) is 1.21. The third kappa shape index (κ3) is 1.95. The molecule has 3 rings (SSSR count). The second kappa shape index (κ2) is 4.57. The molecule has 1 fully saturated rings. The van der Waals surface area contributed by atoms with Crippen LogP contribution in [0, 0.1) is 12.8 Å². The number of aryl methyl sites for hydroxylation is 1. The van der Waals surface area contributed by atoms with Gasteiger partial charge in [0.25, 0.3) is 0 Å². The van der Waals surface area contributed by atoms with Crippen LogP contribution in [0.1, 0.15) is 18.5 Å². The second-order valence-electron chi connectivity index (χ2n) is 5.04. The number of hydrogen-bond acceptors (Lipinski definition) is 4. The molecule has 1 aliphatic heterocycles. The molecule has 0 spiro atoms. The molecule has 0 aromatic carbocycles. The Morgan fingerprint density at radius 3 is 3.22 bits per heavy atom. The third-order valence-corrected chi connectivity index (χ3v) is 3.65. The van der Waals surface area contributed by atoms with Gasteiger partial charge < -0.3 is 10.6 Å². The molecule has 0 saturated carbocycles. The average molecular weight is 245 g/mol. The number of nitrogens with zero attached hydrogens (tertiary/aromatic N) is 4. The van der Waals surface area contributed by atoms with Crippen molar-refractivity contribution < 1.29 is 0 Å². The summed E-state index contributed by atoms with van der Waals surface area (Å²) < 4.78 is 1.91. The first kappa shape index (κ1) is 11.5. The fraction of sp³-hybridized carbons (Fsp3) is 0.538. The maximum atomic E-state index is 5.64. The van der Waals surface area contributed by atoms with Crippen molar-refractivity contribution in [3.8, 4) is 0 Å². The molecule has 2 aromatic heterocycles. The molecule has 18 heavy (non-hydrogen) atoms. The first-order valence-corrected chi connectivity index (χ1v) is 6.54. The third-order valence-electron chi connectivity index (χ3n) is 3.65. The smallest absolute Gasteiger partial charge is 0.154 e.